The summed E-state index contributed by atoms with van der Waals surface area (Å²) in [7, 11) is 1.82. The molecular formula is C3H9N5. The Kier molecular flexibility index (Phi) is 1.16. The first kappa shape index (κ1) is 5.49. The quantitative estimate of drug-likeness (QED) is 0.336. The van der Waals surface area contributed by atoms with Crippen molar-refractivity contribution in [3.63, 3.8) is 0 Å². The van der Waals surface area contributed by atoms with Gasteiger partial charge in [0.05, 0.1) is 6.54 Å². The molecule has 0 unspecified atom stereocenters. The Hall–Kier alpha value is -0.650. The molecule has 0 aromatic carbocycles. The summed E-state index contributed by atoms with van der Waals surface area (Å²) in [5, 5.41) is 9.99. The molecule has 0 atom stereocenters. The molecule has 0 aromatic heterocycles. The molecule has 1 aliphatic heterocycles. The highest BCUT2D eigenvalue weighted by Crippen LogP contribution is 1.89. The molecule has 0 bridgehead atoms. The minimum absolute atomic E-state index is 0.382. The molecular weight excluding hydrogens is 106 g/mol. The predicted molar refractivity (Wildman–Crippen MR) is 29.5 cm³/mol. The highest BCUT2D eigenvalue weighted by atomic mass is 15.9. The molecule has 46 valence electrons. The van der Waals surface area contributed by atoms with Crippen molar-refractivity contribution >= 4 is 5.84 Å². The Balaban J connectivity index is 2.51. The van der Waals surface area contributed by atoms with E-state index in [1.54, 1.807) is 5.01 Å². The van der Waals surface area contributed by atoms with Gasteiger partial charge in [0.1, 0.15) is 5.84 Å². The van der Waals surface area contributed by atoms with Gasteiger partial charge in [-0.05, 0) is 0 Å². The highest BCUT2D eigenvalue weighted by Gasteiger charge is 2.16. The van der Waals surface area contributed by atoms with Crippen LogP contribution in [0.4, 0.5) is 0 Å². The van der Waals surface area contributed by atoms with Crippen LogP contribution in [0.1, 0.15) is 0 Å². The summed E-state index contributed by atoms with van der Waals surface area (Å²) in [6, 6.07) is 0. The van der Waals surface area contributed by atoms with Crippen molar-refractivity contribution in [1.29, 1.82) is 5.41 Å². The Labute approximate surface area is 47.5 Å². The van der Waals surface area contributed by atoms with Crippen molar-refractivity contribution in [2.45, 2.75) is 0 Å². The number of amidine groups is 1. The van der Waals surface area contributed by atoms with E-state index in [0.717, 1.165) is 0 Å². The van der Waals surface area contributed by atoms with Crippen LogP contribution >= 0.6 is 0 Å². The lowest BCUT2D eigenvalue weighted by atomic mass is 10.6. The normalized spacial score (nSPS) is 22.8. The summed E-state index contributed by atoms with van der Waals surface area (Å²) >= 11 is 0. The Morgan fingerprint density at radius 2 is 2.50 bits per heavy atom. The number of hydrazine groups is 3. The van der Waals surface area contributed by atoms with Gasteiger partial charge in [0.15, 0.2) is 0 Å². The van der Waals surface area contributed by atoms with Crippen LogP contribution in [0.2, 0.25) is 0 Å². The molecule has 0 spiro atoms. The lowest BCUT2D eigenvalue weighted by molar-refractivity contribution is 0.169. The summed E-state index contributed by atoms with van der Waals surface area (Å²) < 4.78 is 0. The van der Waals surface area contributed by atoms with Gasteiger partial charge in [-0.1, -0.05) is 0 Å². The van der Waals surface area contributed by atoms with Gasteiger partial charge in [0.2, 0.25) is 0 Å². The van der Waals surface area contributed by atoms with Crippen LogP contribution in [0.15, 0.2) is 0 Å². The Morgan fingerprint density at radius 1 is 1.88 bits per heavy atom. The van der Waals surface area contributed by atoms with Gasteiger partial charge in [0.25, 0.3) is 0 Å². The van der Waals surface area contributed by atoms with Gasteiger partial charge < -0.3 is 0 Å². The molecule has 0 radical (unpaired) electrons. The first-order valence-electron chi connectivity index (χ1n) is 2.30. The second-order valence-corrected chi connectivity index (χ2v) is 1.77. The van der Waals surface area contributed by atoms with Gasteiger partial charge in [-0.15, -0.1) is 0 Å². The number of likely N-dealkylation sites (N-methyl/N-ethyl adjacent to an activating group) is 1. The minimum Gasteiger partial charge on any atom is -0.285 e. The molecule has 0 amide bonds. The lowest BCUT2D eigenvalue weighted by Gasteiger charge is -2.09. The number of nitrogens with one attached hydrogen (secondary N) is 2. The molecule has 0 aromatic rings. The van der Waals surface area contributed by atoms with Crippen molar-refractivity contribution in [2.24, 2.45) is 5.84 Å². The minimum atomic E-state index is 0.382. The largest absolute Gasteiger partial charge is 0.285 e. The van der Waals surface area contributed by atoms with Crippen LogP contribution in [0.5, 0.6) is 0 Å². The lowest BCUT2D eigenvalue weighted by Crippen LogP contribution is -2.43. The third-order valence-corrected chi connectivity index (χ3v) is 0.956. The van der Waals surface area contributed by atoms with E-state index in [1.807, 2.05) is 7.05 Å². The molecule has 5 nitrogen and oxygen atoms in total. The topological polar surface area (TPSA) is 68.4 Å². The molecule has 1 aliphatic rings. The zero-order valence-corrected chi connectivity index (χ0v) is 4.68. The molecule has 5 heteroatoms. The zero-order chi connectivity index (χ0) is 6.15. The molecule has 8 heavy (non-hydrogen) atoms. The van der Waals surface area contributed by atoms with Crippen LogP contribution in [0.25, 0.3) is 0 Å². The number of nitrogens with two attached hydrogens (primary N) is 1. The molecule has 1 rings (SSSR count). The zero-order valence-electron chi connectivity index (χ0n) is 4.68. The third-order valence-electron chi connectivity index (χ3n) is 0.956. The summed E-state index contributed by atoms with van der Waals surface area (Å²) in [5.41, 5.74) is 2.69. The third kappa shape index (κ3) is 0.786. The molecule has 4 N–H and O–H groups in total. The van der Waals surface area contributed by atoms with Crippen LogP contribution in [0.3, 0.4) is 0 Å². The van der Waals surface area contributed by atoms with Gasteiger partial charge in [-0.25, -0.2) is 16.0 Å². The van der Waals surface area contributed by atoms with Crippen molar-refractivity contribution in [1.82, 2.24) is 15.7 Å². The summed E-state index contributed by atoms with van der Waals surface area (Å²) in [6.07, 6.45) is 0. The molecule has 1 saturated heterocycles. The number of hydrogen-bond acceptors (Lipinski definition) is 4. The predicted octanol–water partition coefficient (Wildman–Crippen LogP) is -1.50. The monoisotopic (exact) mass is 115 g/mol. The van der Waals surface area contributed by atoms with Crippen molar-refractivity contribution in [3.05, 3.63) is 0 Å². The Bertz CT molecular complexity index is 110. The maximum absolute atomic E-state index is 7.08. The van der Waals surface area contributed by atoms with Gasteiger partial charge >= 0.3 is 0 Å². The molecule has 1 heterocycles. The van der Waals surface area contributed by atoms with E-state index < -0.39 is 0 Å². The van der Waals surface area contributed by atoms with E-state index in [0.29, 0.717) is 12.4 Å². The van der Waals surface area contributed by atoms with Crippen molar-refractivity contribution < 1.29 is 0 Å². The van der Waals surface area contributed by atoms with E-state index in [4.69, 9.17) is 11.3 Å². The number of nitrogens with zero attached hydrogens (tertiary/aromatic N) is 2. The van der Waals surface area contributed by atoms with E-state index in [1.165, 1.54) is 5.12 Å². The Morgan fingerprint density at radius 3 is 2.62 bits per heavy atom. The summed E-state index contributed by atoms with van der Waals surface area (Å²) in [4.78, 5) is 0. The smallest absolute Gasteiger partial charge is 0.144 e. The standard InChI is InChI=1S/C3H9N5/c1-7-2-3(4)8(5)6-7/h4,6H,2,5H2,1H3. The first-order valence-corrected chi connectivity index (χ1v) is 2.30. The fourth-order valence-electron chi connectivity index (χ4n) is 0.580. The van der Waals surface area contributed by atoms with Crippen LogP contribution in [-0.4, -0.2) is 29.6 Å². The van der Waals surface area contributed by atoms with E-state index in [2.05, 4.69) is 5.53 Å². The van der Waals surface area contributed by atoms with Gasteiger partial charge in [-0.2, -0.15) is 5.53 Å². The second kappa shape index (κ2) is 1.70. The number of rotatable bonds is 0. The molecule has 0 aliphatic carbocycles. The maximum atomic E-state index is 7.08. The van der Waals surface area contributed by atoms with Gasteiger partial charge in [0, 0.05) is 7.05 Å². The van der Waals surface area contributed by atoms with E-state index >= 15 is 0 Å². The maximum Gasteiger partial charge on any atom is 0.144 e. The van der Waals surface area contributed by atoms with Crippen LogP contribution in [0, 0.1) is 5.41 Å². The fourth-order valence-corrected chi connectivity index (χ4v) is 0.580. The first-order chi connectivity index (χ1) is 3.70. The van der Waals surface area contributed by atoms with Crippen molar-refractivity contribution in [3.8, 4) is 0 Å². The average molecular weight is 115 g/mol. The second-order valence-electron chi connectivity index (χ2n) is 1.77. The summed E-state index contributed by atoms with van der Waals surface area (Å²) in [5.74, 6) is 5.61. The van der Waals surface area contributed by atoms with Crippen LogP contribution in [-0.2, 0) is 0 Å². The van der Waals surface area contributed by atoms with E-state index in [9.17, 15) is 0 Å². The average Bonchev–Trinajstić information content (AvgIpc) is 1.85. The van der Waals surface area contributed by atoms with E-state index in [-0.39, 0.29) is 0 Å². The fraction of sp³-hybridized carbons (Fsp3) is 0.667. The number of hydrogen-bond donors (Lipinski definition) is 3. The highest BCUT2D eigenvalue weighted by molar-refractivity contribution is 5.81. The molecule has 1 fully saturated rings. The summed E-state index contributed by atoms with van der Waals surface area (Å²) in [6.45, 7) is 0.566. The molecule has 0 saturated carbocycles. The van der Waals surface area contributed by atoms with Gasteiger partial charge in [-0.3, -0.25) is 5.41 Å². The SMILES string of the molecule is CN1CC(=N)N(N)N1. The van der Waals surface area contributed by atoms with Crippen LogP contribution < -0.4 is 11.4 Å². The van der Waals surface area contributed by atoms with Crippen molar-refractivity contribution in [2.75, 3.05) is 13.6 Å².